The van der Waals surface area contributed by atoms with Gasteiger partial charge in [0.15, 0.2) is 0 Å². The zero-order valence-electron chi connectivity index (χ0n) is 13.8. The van der Waals surface area contributed by atoms with Crippen LogP contribution in [-0.2, 0) is 24.4 Å². The van der Waals surface area contributed by atoms with Crippen molar-refractivity contribution < 1.29 is 18.8 Å². The summed E-state index contributed by atoms with van der Waals surface area (Å²) in [6.45, 7) is 13.3. The lowest BCUT2D eigenvalue weighted by atomic mass is 9.88. The fraction of sp³-hybridized carbons (Fsp3) is 0.667. The molecule has 116 valence electrons. The third kappa shape index (κ3) is 3.17. The van der Waals surface area contributed by atoms with Crippen molar-refractivity contribution in [1.29, 1.82) is 0 Å². The van der Waals surface area contributed by atoms with Gasteiger partial charge in [0.05, 0.1) is 11.2 Å². The molecule has 0 aliphatic carbocycles. The molecule has 0 unspecified atom stereocenters. The van der Waals surface area contributed by atoms with E-state index in [9.17, 15) is 4.79 Å². The standard InChI is InChI=1S/C15H23BO4S/c1-10(17)18-13(2,3)11-8-9-12(21-11)16-19-14(4,5)15(6,7)20-16/h8-9H,1-7H3. The molecule has 1 aliphatic heterocycles. The highest BCUT2D eigenvalue weighted by Crippen LogP contribution is 2.37. The highest BCUT2D eigenvalue weighted by molar-refractivity contribution is 7.22. The summed E-state index contributed by atoms with van der Waals surface area (Å²) in [5.74, 6) is -0.286. The topological polar surface area (TPSA) is 44.8 Å². The van der Waals surface area contributed by atoms with Crippen molar-refractivity contribution in [2.24, 2.45) is 0 Å². The second kappa shape index (κ2) is 5.11. The zero-order chi connectivity index (χ0) is 16.1. The van der Waals surface area contributed by atoms with Gasteiger partial charge in [-0.2, -0.15) is 0 Å². The van der Waals surface area contributed by atoms with E-state index in [1.807, 2.05) is 53.7 Å². The molecule has 2 heterocycles. The quantitative estimate of drug-likeness (QED) is 0.636. The minimum atomic E-state index is -0.640. The molecule has 1 aromatic rings. The minimum absolute atomic E-state index is 0.286. The molecule has 0 amide bonds. The van der Waals surface area contributed by atoms with E-state index in [2.05, 4.69) is 0 Å². The van der Waals surface area contributed by atoms with Crippen LogP contribution in [0.25, 0.3) is 0 Å². The van der Waals surface area contributed by atoms with Gasteiger partial charge in [0.25, 0.3) is 0 Å². The van der Waals surface area contributed by atoms with Gasteiger partial charge < -0.3 is 14.0 Å². The summed E-state index contributed by atoms with van der Waals surface area (Å²) < 4.78 is 18.4. The van der Waals surface area contributed by atoms with Crippen molar-refractivity contribution in [1.82, 2.24) is 0 Å². The Labute approximate surface area is 130 Å². The first-order valence-corrected chi connectivity index (χ1v) is 7.92. The fourth-order valence-electron chi connectivity index (χ4n) is 2.17. The summed E-state index contributed by atoms with van der Waals surface area (Å²) in [7, 11) is -0.373. The van der Waals surface area contributed by atoms with Gasteiger partial charge in [-0.15, -0.1) is 11.3 Å². The first-order chi connectivity index (χ1) is 9.45. The van der Waals surface area contributed by atoms with Crippen molar-refractivity contribution in [3.63, 3.8) is 0 Å². The number of ether oxygens (including phenoxy) is 1. The predicted molar refractivity (Wildman–Crippen MR) is 84.8 cm³/mol. The summed E-state index contributed by atoms with van der Waals surface area (Å²) in [6.07, 6.45) is 0. The van der Waals surface area contributed by atoms with Crippen molar-refractivity contribution in [3.8, 4) is 0 Å². The van der Waals surface area contributed by atoms with Crippen molar-refractivity contribution in [2.75, 3.05) is 0 Å². The summed E-state index contributed by atoms with van der Waals surface area (Å²) in [5, 5.41) is 0. The monoisotopic (exact) mass is 310 g/mol. The molecule has 1 fully saturated rings. The maximum atomic E-state index is 11.2. The third-order valence-electron chi connectivity index (χ3n) is 4.10. The molecule has 1 aliphatic rings. The van der Waals surface area contributed by atoms with E-state index in [1.165, 1.54) is 6.92 Å². The maximum absolute atomic E-state index is 11.2. The first-order valence-electron chi connectivity index (χ1n) is 7.10. The van der Waals surface area contributed by atoms with Crippen LogP contribution in [0.4, 0.5) is 0 Å². The van der Waals surface area contributed by atoms with Gasteiger partial charge in [-0.1, -0.05) is 6.07 Å². The highest BCUT2D eigenvalue weighted by Gasteiger charge is 2.52. The number of esters is 1. The van der Waals surface area contributed by atoms with E-state index in [1.54, 1.807) is 11.3 Å². The van der Waals surface area contributed by atoms with Crippen LogP contribution in [0.2, 0.25) is 0 Å². The minimum Gasteiger partial charge on any atom is -0.454 e. The Morgan fingerprint density at radius 3 is 2.19 bits per heavy atom. The summed E-state index contributed by atoms with van der Waals surface area (Å²) in [4.78, 5) is 12.2. The molecule has 1 saturated heterocycles. The maximum Gasteiger partial charge on any atom is 0.505 e. The number of rotatable bonds is 3. The van der Waals surface area contributed by atoms with Crippen LogP contribution in [-0.4, -0.2) is 24.3 Å². The molecule has 0 N–H and O–H groups in total. The summed E-state index contributed by atoms with van der Waals surface area (Å²) >= 11 is 1.55. The molecule has 0 spiro atoms. The Hall–Kier alpha value is -0.845. The first kappa shape index (κ1) is 16.5. The van der Waals surface area contributed by atoms with E-state index in [0.717, 1.165) is 9.65 Å². The van der Waals surface area contributed by atoms with E-state index < -0.39 is 5.60 Å². The Bertz CT molecular complexity index is 532. The van der Waals surface area contributed by atoms with Crippen LogP contribution in [0.15, 0.2) is 12.1 Å². The molecule has 0 bridgehead atoms. The molecule has 1 aromatic heterocycles. The number of thiophene rings is 1. The molecule has 0 radical (unpaired) electrons. The second-order valence-electron chi connectivity index (χ2n) is 6.89. The Morgan fingerprint density at radius 2 is 1.71 bits per heavy atom. The number of hydrogen-bond acceptors (Lipinski definition) is 5. The summed E-state index contributed by atoms with van der Waals surface area (Å²) in [6, 6.07) is 3.95. The average molecular weight is 310 g/mol. The molecular weight excluding hydrogens is 287 g/mol. The fourth-order valence-corrected chi connectivity index (χ4v) is 3.18. The average Bonchev–Trinajstić information content (AvgIpc) is 2.81. The third-order valence-corrected chi connectivity index (χ3v) is 5.52. The molecule has 0 atom stereocenters. The van der Waals surface area contributed by atoms with Crippen LogP contribution in [0.3, 0.4) is 0 Å². The number of carbonyl (C=O) groups is 1. The van der Waals surface area contributed by atoms with Gasteiger partial charge in [0, 0.05) is 16.6 Å². The smallest absolute Gasteiger partial charge is 0.454 e. The Balaban J connectivity index is 2.20. The van der Waals surface area contributed by atoms with Crippen LogP contribution in [0.1, 0.15) is 53.3 Å². The van der Waals surface area contributed by atoms with Crippen LogP contribution in [0, 0.1) is 0 Å². The predicted octanol–water partition coefficient (Wildman–Crippen LogP) is 2.85. The van der Waals surface area contributed by atoms with Crippen molar-refractivity contribution in [3.05, 3.63) is 17.0 Å². The highest BCUT2D eigenvalue weighted by atomic mass is 32.1. The lowest BCUT2D eigenvalue weighted by Crippen LogP contribution is -2.41. The second-order valence-corrected chi connectivity index (χ2v) is 8.01. The van der Waals surface area contributed by atoms with E-state index in [4.69, 9.17) is 14.0 Å². The van der Waals surface area contributed by atoms with Crippen molar-refractivity contribution >= 4 is 29.2 Å². The number of hydrogen-bond donors (Lipinski definition) is 0. The largest absolute Gasteiger partial charge is 0.505 e. The van der Waals surface area contributed by atoms with E-state index >= 15 is 0 Å². The SMILES string of the molecule is CC(=O)OC(C)(C)c1ccc(B2OC(C)(C)C(C)(C)O2)s1. The molecule has 6 heteroatoms. The van der Waals surface area contributed by atoms with E-state index in [0.29, 0.717) is 0 Å². The van der Waals surface area contributed by atoms with Gasteiger partial charge in [0.2, 0.25) is 0 Å². The van der Waals surface area contributed by atoms with Crippen LogP contribution < -0.4 is 4.78 Å². The molecule has 4 nitrogen and oxygen atoms in total. The Morgan fingerprint density at radius 1 is 1.19 bits per heavy atom. The van der Waals surface area contributed by atoms with Crippen LogP contribution >= 0.6 is 11.3 Å². The van der Waals surface area contributed by atoms with Gasteiger partial charge in [-0.05, 0) is 47.6 Å². The summed E-state index contributed by atoms with van der Waals surface area (Å²) in [5.41, 5.74) is -1.35. The normalized spacial score (nSPS) is 20.6. The lowest BCUT2D eigenvalue weighted by molar-refractivity contribution is -0.154. The molecule has 0 saturated carbocycles. The zero-order valence-corrected chi connectivity index (χ0v) is 14.6. The van der Waals surface area contributed by atoms with Crippen molar-refractivity contribution in [2.45, 2.75) is 65.3 Å². The van der Waals surface area contributed by atoms with E-state index in [-0.39, 0.29) is 24.3 Å². The van der Waals surface area contributed by atoms with Gasteiger partial charge >= 0.3 is 13.1 Å². The molecule has 21 heavy (non-hydrogen) atoms. The Kier molecular flexibility index (Phi) is 4.02. The molecule has 2 rings (SSSR count). The van der Waals surface area contributed by atoms with Crippen LogP contribution in [0.5, 0.6) is 0 Å². The molecule has 0 aromatic carbocycles. The van der Waals surface area contributed by atoms with Gasteiger partial charge in [-0.3, -0.25) is 4.79 Å². The number of carbonyl (C=O) groups excluding carboxylic acids is 1. The van der Waals surface area contributed by atoms with Gasteiger partial charge in [0.1, 0.15) is 5.60 Å². The lowest BCUT2D eigenvalue weighted by Gasteiger charge is -2.32. The molecular formula is C15H23BO4S. The van der Waals surface area contributed by atoms with Gasteiger partial charge in [-0.25, -0.2) is 0 Å².